The summed E-state index contributed by atoms with van der Waals surface area (Å²) in [4.78, 5) is 5.87. The Kier molecular flexibility index (Phi) is 3.15. The maximum Gasteiger partial charge on any atom is 0.122 e. The molecule has 1 aliphatic heterocycles. The smallest absolute Gasteiger partial charge is 0.122 e. The highest BCUT2D eigenvalue weighted by Gasteiger charge is 2.21. The predicted octanol–water partition coefficient (Wildman–Crippen LogP) is 1.80. The van der Waals surface area contributed by atoms with E-state index in [2.05, 4.69) is 11.9 Å². The molecule has 1 aromatic heterocycles. The molecule has 14 heavy (non-hydrogen) atoms. The summed E-state index contributed by atoms with van der Waals surface area (Å²) in [6.45, 7) is 3.64. The molecule has 0 aliphatic carbocycles. The standard InChI is InChI=1S/C10H16N2OS/c1-7-9(4-5-11)14-10(12-7)8-3-2-6-13-8/h8H,2-6,11H2,1H3. The quantitative estimate of drug-likeness (QED) is 0.831. The van der Waals surface area contributed by atoms with E-state index in [0.29, 0.717) is 6.54 Å². The Morgan fingerprint density at radius 2 is 2.50 bits per heavy atom. The molecule has 3 nitrogen and oxygen atoms in total. The van der Waals surface area contributed by atoms with E-state index in [9.17, 15) is 0 Å². The number of ether oxygens (including phenoxy) is 1. The highest BCUT2D eigenvalue weighted by atomic mass is 32.1. The lowest BCUT2D eigenvalue weighted by Crippen LogP contribution is -2.01. The van der Waals surface area contributed by atoms with Crippen LogP contribution < -0.4 is 5.73 Å². The highest BCUT2D eigenvalue weighted by Crippen LogP contribution is 2.32. The molecule has 0 radical (unpaired) electrons. The van der Waals surface area contributed by atoms with E-state index < -0.39 is 0 Å². The van der Waals surface area contributed by atoms with Gasteiger partial charge in [-0.1, -0.05) is 0 Å². The lowest BCUT2D eigenvalue weighted by atomic mass is 10.2. The highest BCUT2D eigenvalue weighted by molar-refractivity contribution is 7.11. The molecule has 1 aliphatic rings. The van der Waals surface area contributed by atoms with Gasteiger partial charge in [0.15, 0.2) is 0 Å². The van der Waals surface area contributed by atoms with Crippen LogP contribution in [0, 0.1) is 6.92 Å². The Bertz CT molecular complexity index is 305. The first-order chi connectivity index (χ1) is 6.81. The van der Waals surface area contributed by atoms with Gasteiger partial charge in [-0.15, -0.1) is 11.3 Å². The van der Waals surface area contributed by atoms with Crippen molar-refractivity contribution in [3.05, 3.63) is 15.6 Å². The molecule has 2 heterocycles. The summed E-state index contributed by atoms with van der Waals surface area (Å²) in [5.74, 6) is 0. The summed E-state index contributed by atoms with van der Waals surface area (Å²) in [6, 6.07) is 0. The number of thiazole rings is 1. The fraction of sp³-hybridized carbons (Fsp3) is 0.700. The second-order valence-corrected chi connectivity index (χ2v) is 4.72. The van der Waals surface area contributed by atoms with E-state index >= 15 is 0 Å². The van der Waals surface area contributed by atoms with Crippen molar-refractivity contribution < 1.29 is 4.74 Å². The van der Waals surface area contributed by atoms with Crippen LogP contribution in [0.2, 0.25) is 0 Å². The fourth-order valence-corrected chi connectivity index (χ4v) is 2.89. The van der Waals surface area contributed by atoms with Gasteiger partial charge in [-0.2, -0.15) is 0 Å². The Labute approximate surface area is 88.3 Å². The lowest BCUT2D eigenvalue weighted by molar-refractivity contribution is 0.111. The van der Waals surface area contributed by atoms with Crippen molar-refractivity contribution in [1.29, 1.82) is 0 Å². The van der Waals surface area contributed by atoms with Crippen molar-refractivity contribution in [3.8, 4) is 0 Å². The van der Waals surface area contributed by atoms with Crippen LogP contribution in [0.1, 0.15) is 34.5 Å². The number of aromatic nitrogens is 1. The molecule has 0 spiro atoms. The van der Waals surface area contributed by atoms with E-state index in [1.165, 1.54) is 4.88 Å². The number of aryl methyl sites for hydroxylation is 1. The Morgan fingerprint density at radius 3 is 3.14 bits per heavy atom. The van der Waals surface area contributed by atoms with Crippen molar-refractivity contribution in [2.24, 2.45) is 5.73 Å². The number of nitrogens with two attached hydrogens (primary N) is 1. The molecule has 0 aromatic carbocycles. The van der Waals surface area contributed by atoms with Gasteiger partial charge in [-0.25, -0.2) is 4.98 Å². The van der Waals surface area contributed by atoms with Crippen LogP contribution in [-0.2, 0) is 11.2 Å². The minimum atomic E-state index is 0.255. The lowest BCUT2D eigenvalue weighted by Gasteiger charge is -2.03. The topological polar surface area (TPSA) is 48.1 Å². The first-order valence-electron chi connectivity index (χ1n) is 5.09. The molecule has 1 aromatic rings. The average Bonchev–Trinajstić information content (AvgIpc) is 2.76. The summed E-state index contributed by atoms with van der Waals surface area (Å²) in [7, 11) is 0. The van der Waals surface area contributed by atoms with E-state index in [1.807, 2.05) is 0 Å². The summed E-state index contributed by atoms with van der Waals surface area (Å²) in [6.07, 6.45) is 3.48. The van der Waals surface area contributed by atoms with Gasteiger partial charge < -0.3 is 10.5 Å². The molecular weight excluding hydrogens is 196 g/mol. The van der Waals surface area contributed by atoms with Gasteiger partial charge in [-0.3, -0.25) is 0 Å². The zero-order valence-corrected chi connectivity index (χ0v) is 9.27. The van der Waals surface area contributed by atoms with Crippen LogP contribution in [0.25, 0.3) is 0 Å². The molecule has 1 saturated heterocycles. The number of rotatable bonds is 3. The molecule has 0 bridgehead atoms. The zero-order chi connectivity index (χ0) is 9.97. The summed E-state index contributed by atoms with van der Waals surface area (Å²) in [5.41, 5.74) is 6.67. The molecule has 1 atom stereocenters. The Morgan fingerprint density at radius 1 is 1.64 bits per heavy atom. The molecule has 2 N–H and O–H groups in total. The van der Waals surface area contributed by atoms with Crippen LogP contribution in [0.5, 0.6) is 0 Å². The Balaban J connectivity index is 2.14. The minimum Gasteiger partial charge on any atom is -0.371 e. The monoisotopic (exact) mass is 212 g/mol. The predicted molar refractivity (Wildman–Crippen MR) is 57.5 cm³/mol. The van der Waals surface area contributed by atoms with Gasteiger partial charge in [0.05, 0.1) is 5.69 Å². The van der Waals surface area contributed by atoms with Gasteiger partial charge in [0.25, 0.3) is 0 Å². The van der Waals surface area contributed by atoms with Gasteiger partial charge >= 0.3 is 0 Å². The van der Waals surface area contributed by atoms with Crippen molar-refractivity contribution in [3.63, 3.8) is 0 Å². The van der Waals surface area contributed by atoms with Gasteiger partial charge in [0.1, 0.15) is 11.1 Å². The van der Waals surface area contributed by atoms with E-state index in [-0.39, 0.29) is 6.10 Å². The third kappa shape index (κ3) is 1.97. The average molecular weight is 212 g/mol. The second kappa shape index (κ2) is 4.38. The Hall–Kier alpha value is -0.450. The third-order valence-electron chi connectivity index (χ3n) is 2.49. The fourth-order valence-electron chi connectivity index (χ4n) is 1.72. The second-order valence-electron chi connectivity index (χ2n) is 3.60. The molecular formula is C10H16N2OS. The van der Waals surface area contributed by atoms with E-state index in [0.717, 1.165) is 36.6 Å². The first-order valence-corrected chi connectivity index (χ1v) is 5.91. The molecule has 78 valence electrons. The van der Waals surface area contributed by atoms with Crippen molar-refractivity contribution in [1.82, 2.24) is 4.98 Å². The van der Waals surface area contributed by atoms with Crippen LogP contribution in [0.4, 0.5) is 0 Å². The van der Waals surface area contributed by atoms with E-state index in [1.54, 1.807) is 11.3 Å². The number of hydrogen-bond donors (Lipinski definition) is 1. The van der Waals surface area contributed by atoms with Crippen LogP contribution in [-0.4, -0.2) is 18.1 Å². The van der Waals surface area contributed by atoms with Crippen LogP contribution in [0.3, 0.4) is 0 Å². The zero-order valence-electron chi connectivity index (χ0n) is 8.45. The summed E-state index contributed by atoms with van der Waals surface area (Å²) < 4.78 is 5.60. The first kappa shape index (κ1) is 10.1. The summed E-state index contributed by atoms with van der Waals surface area (Å²) in [5, 5.41) is 1.14. The van der Waals surface area contributed by atoms with Crippen LogP contribution in [0.15, 0.2) is 0 Å². The van der Waals surface area contributed by atoms with Gasteiger partial charge in [0, 0.05) is 11.5 Å². The normalized spacial score (nSPS) is 21.7. The molecule has 2 rings (SSSR count). The van der Waals surface area contributed by atoms with Gasteiger partial charge in [-0.05, 0) is 32.7 Å². The molecule has 1 fully saturated rings. The molecule has 1 unspecified atom stereocenters. The maximum absolute atomic E-state index is 5.60. The maximum atomic E-state index is 5.60. The third-order valence-corrected chi connectivity index (χ3v) is 3.79. The van der Waals surface area contributed by atoms with Crippen molar-refractivity contribution >= 4 is 11.3 Å². The van der Waals surface area contributed by atoms with Crippen molar-refractivity contribution in [2.45, 2.75) is 32.3 Å². The molecule has 0 amide bonds. The van der Waals surface area contributed by atoms with E-state index in [4.69, 9.17) is 10.5 Å². The molecule has 0 saturated carbocycles. The van der Waals surface area contributed by atoms with Crippen molar-refractivity contribution in [2.75, 3.05) is 13.2 Å². The number of nitrogens with zero attached hydrogens (tertiary/aromatic N) is 1. The van der Waals surface area contributed by atoms with Gasteiger partial charge in [0.2, 0.25) is 0 Å². The minimum absolute atomic E-state index is 0.255. The SMILES string of the molecule is Cc1nc(C2CCCO2)sc1CCN. The molecule has 4 heteroatoms. The summed E-state index contributed by atoms with van der Waals surface area (Å²) >= 11 is 1.77. The van der Waals surface area contributed by atoms with Crippen LogP contribution >= 0.6 is 11.3 Å². The number of hydrogen-bond acceptors (Lipinski definition) is 4. The largest absolute Gasteiger partial charge is 0.371 e.